The summed E-state index contributed by atoms with van der Waals surface area (Å²) in [7, 11) is 0. The van der Waals surface area contributed by atoms with E-state index >= 15 is 0 Å². The molecule has 0 aliphatic heterocycles. The smallest absolute Gasteiger partial charge is 0.223 e. The average molecular weight is 477 g/mol. The van der Waals surface area contributed by atoms with Gasteiger partial charge >= 0.3 is 0 Å². The molecule has 0 spiro atoms. The number of ketones is 1. The van der Waals surface area contributed by atoms with Crippen molar-refractivity contribution in [2.24, 2.45) is 62.4 Å². The van der Waals surface area contributed by atoms with E-state index in [1.807, 2.05) is 0 Å². The van der Waals surface area contributed by atoms with Crippen molar-refractivity contribution < 1.29 is 9.59 Å². The normalized spacial score (nSPS) is 50.0. The van der Waals surface area contributed by atoms with Gasteiger partial charge in [-0.15, -0.1) is 0 Å². The number of nitrogens with zero attached hydrogens (tertiary/aromatic N) is 1. The van der Waals surface area contributed by atoms with Gasteiger partial charge in [-0.2, -0.15) is 5.26 Å². The van der Waals surface area contributed by atoms with E-state index in [9.17, 15) is 14.9 Å². The largest absolute Gasteiger partial charge is 0.369 e. The molecule has 5 aliphatic rings. The number of hydrogen-bond acceptors (Lipinski definition) is 3. The van der Waals surface area contributed by atoms with Crippen molar-refractivity contribution in [3.63, 3.8) is 0 Å². The summed E-state index contributed by atoms with van der Waals surface area (Å²) in [5.41, 5.74) is 6.85. The summed E-state index contributed by atoms with van der Waals surface area (Å²) in [6.45, 7) is 18.0. The summed E-state index contributed by atoms with van der Waals surface area (Å²) in [5, 5.41) is 9.87. The fourth-order valence-corrected chi connectivity index (χ4v) is 11.2. The molecular weight excluding hydrogens is 432 g/mol. The first-order chi connectivity index (χ1) is 16.2. The van der Waals surface area contributed by atoms with Crippen LogP contribution in [0.4, 0.5) is 0 Å². The first kappa shape index (κ1) is 24.8. The molecule has 4 nitrogen and oxygen atoms in total. The molecule has 190 valence electrons. The summed E-state index contributed by atoms with van der Waals surface area (Å²) in [6.07, 6.45) is 10.2. The lowest BCUT2D eigenvalue weighted by Crippen LogP contribution is -2.66. The van der Waals surface area contributed by atoms with Gasteiger partial charge in [0.2, 0.25) is 5.91 Å². The maximum atomic E-state index is 13.2. The third kappa shape index (κ3) is 2.79. The maximum Gasteiger partial charge on any atom is 0.223 e. The number of primary amides is 1. The minimum absolute atomic E-state index is 0.0186. The number of carbonyl (C=O) groups is 2. The molecule has 2 N–H and O–H groups in total. The lowest BCUT2D eigenvalue weighted by Gasteiger charge is -2.71. The second kappa shape index (κ2) is 7.33. The van der Waals surface area contributed by atoms with E-state index in [0.29, 0.717) is 23.3 Å². The second-order valence-electron chi connectivity index (χ2n) is 14.3. The SMILES string of the molecule is C=C(C)[C@@H]1CC[C@]2(C(N)=O)CC[C@]3(C)C(CC[C@@H]4[C@@]5(C)C=C(C#N)C(=O)C(C)(C)[C@@H]5CC[C@]43C)[C@@H]12. The summed E-state index contributed by atoms with van der Waals surface area (Å²) in [5.74, 6) is 1.70. The zero-order valence-corrected chi connectivity index (χ0v) is 22.7. The van der Waals surface area contributed by atoms with Crippen LogP contribution in [0, 0.1) is 68.0 Å². The van der Waals surface area contributed by atoms with Crippen LogP contribution in [0.3, 0.4) is 0 Å². The molecule has 0 saturated heterocycles. The van der Waals surface area contributed by atoms with Crippen LogP contribution < -0.4 is 5.73 Å². The van der Waals surface area contributed by atoms with Crippen molar-refractivity contribution in [1.29, 1.82) is 5.26 Å². The molecule has 5 aliphatic carbocycles. The lowest BCUT2D eigenvalue weighted by molar-refractivity contribution is -0.217. The predicted octanol–water partition coefficient (Wildman–Crippen LogP) is 6.37. The second-order valence-corrected chi connectivity index (χ2v) is 14.3. The standard InChI is InChI=1S/C31H44N2O2/c1-18(2)20-10-13-31(26(33)35)15-14-29(6)21(24(20)31)8-9-23-28(5)16-19(17-32)25(34)27(3,4)22(28)11-12-30(23,29)7/h16,20-24H,1,8-15H2,2-7H3,(H2,33,35)/t20-,21?,22-,23+,24+,28-,29+,30+,31-/m0/s1. The molecule has 0 aromatic rings. The van der Waals surface area contributed by atoms with Gasteiger partial charge < -0.3 is 5.73 Å². The van der Waals surface area contributed by atoms with Crippen LogP contribution in [-0.2, 0) is 9.59 Å². The first-order valence-corrected chi connectivity index (χ1v) is 13.8. The molecule has 0 aromatic heterocycles. The van der Waals surface area contributed by atoms with Gasteiger partial charge in [0.15, 0.2) is 5.78 Å². The summed E-state index contributed by atoms with van der Waals surface area (Å²) in [6, 6.07) is 2.26. The third-order valence-electron chi connectivity index (χ3n) is 13.0. The molecule has 5 rings (SSSR count). The Morgan fingerprint density at radius 1 is 1.00 bits per heavy atom. The summed E-state index contributed by atoms with van der Waals surface area (Å²) in [4.78, 5) is 26.2. The van der Waals surface area contributed by atoms with Crippen LogP contribution in [-0.4, -0.2) is 11.7 Å². The highest BCUT2D eigenvalue weighted by molar-refractivity contribution is 6.04. The van der Waals surface area contributed by atoms with E-state index in [-0.39, 0.29) is 45.2 Å². The molecule has 1 amide bonds. The van der Waals surface area contributed by atoms with E-state index in [1.165, 1.54) is 5.57 Å². The van der Waals surface area contributed by atoms with Crippen LogP contribution in [0.15, 0.2) is 23.8 Å². The molecule has 0 aromatic carbocycles. The van der Waals surface area contributed by atoms with Crippen LogP contribution in [0.25, 0.3) is 0 Å². The Morgan fingerprint density at radius 2 is 1.69 bits per heavy atom. The van der Waals surface area contributed by atoms with Gasteiger partial charge in [0.25, 0.3) is 0 Å². The first-order valence-electron chi connectivity index (χ1n) is 13.8. The highest BCUT2D eigenvalue weighted by Gasteiger charge is 2.71. The molecule has 0 radical (unpaired) electrons. The number of hydrogen-bond donors (Lipinski definition) is 1. The number of amides is 1. The van der Waals surface area contributed by atoms with Crippen LogP contribution in [0.5, 0.6) is 0 Å². The molecule has 4 saturated carbocycles. The van der Waals surface area contributed by atoms with Crippen molar-refractivity contribution in [2.75, 3.05) is 0 Å². The molecule has 35 heavy (non-hydrogen) atoms. The number of carbonyl (C=O) groups excluding carboxylic acids is 2. The minimum atomic E-state index is -0.516. The molecule has 0 heterocycles. The minimum Gasteiger partial charge on any atom is -0.369 e. The van der Waals surface area contributed by atoms with E-state index in [1.54, 1.807) is 0 Å². The maximum absolute atomic E-state index is 13.2. The summed E-state index contributed by atoms with van der Waals surface area (Å²) >= 11 is 0. The van der Waals surface area contributed by atoms with E-state index in [4.69, 9.17) is 5.73 Å². The topological polar surface area (TPSA) is 83.9 Å². The highest BCUT2D eigenvalue weighted by atomic mass is 16.1. The van der Waals surface area contributed by atoms with E-state index in [0.717, 1.165) is 51.4 Å². The van der Waals surface area contributed by atoms with Crippen molar-refractivity contribution in [1.82, 2.24) is 0 Å². The Labute approximate surface area is 211 Å². The monoisotopic (exact) mass is 476 g/mol. The zero-order valence-electron chi connectivity index (χ0n) is 22.7. The fraction of sp³-hybridized carbons (Fsp3) is 0.774. The van der Waals surface area contributed by atoms with Gasteiger partial charge in [0.05, 0.1) is 11.0 Å². The van der Waals surface area contributed by atoms with Gasteiger partial charge in [-0.25, -0.2) is 0 Å². The quantitative estimate of drug-likeness (QED) is 0.470. The third-order valence-corrected chi connectivity index (χ3v) is 13.0. The number of Topliss-reactive ketones (excluding diaryl/α,β-unsaturated/α-hetero) is 1. The van der Waals surface area contributed by atoms with Crippen molar-refractivity contribution >= 4 is 11.7 Å². The number of allylic oxidation sites excluding steroid dienone is 3. The number of fused-ring (bicyclic) bond motifs is 7. The summed E-state index contributed by atoms with van der Waals surface area (Å²) < 4.78 is 0. The van der Waals surface area contributed by atoms with Gasteiger partial charge in [-0.1, -0.05) is 52.8 Å². The molecule has 0 bridgehead atoms. The Balaban J connectivity index is 1.62. The van der Waals surface area contributed by atoms with Crippen molar-refractivity contribution in [3.05, 3.63) is 23.8 Å². The number of nitriles is 1. The van der Waals surface area contributed by atoms with Crippen LogP contribution in [0.2, 0.25) is 0 Å². The lowest BCUT2D eigenvalue weighted by atomic mass is 9.32. The average Bonchev–Trinajstić information content (AvgIpc) is 3.18. The van der Waals surface area contributed by atoms with Crippen molar-refractivity contribution in [3.8, 4) is 6.07 Å². The Bertz CT molecular complexity index is 1080. The highest BCUT2D eigenvalue weighted by Crippen LogP contribution is 2.77. The van der Waals surface area contributed by atoms with Gasteiger partial charge in [0, 0.05) is 5.41 Å². The molecule has 9 atom stereocenters. The molecule has 4 fully saturated rings. The van der Waals surface area contributed by atoms with Gasteiger partial charge in [-0.05, 0) is 104 Å². The number of rotatable bonds is 2. The van der Waals surface area contributed by atoms with Gasteiger partial charge in [-0.3, -0.25) is 9.59 Å². The predicted molar refractivity (Wildman–Crippen MR) is 138 cm³/mol. The van der Waals surface area contributed by atoms with E-state index in [2.05, 4.69) is 60.3 Å². The fourth-order valence-electron chi connectivity index (χ4n) is 11.2. The van der Waals surface area contributed by atoms with Crippen LogP contribution >= 0.6 is 0 Å². The molecule has 1 unspecified atom stereocenters. The number of nitrogens with two attached hydrogens (primary N) is 1. The van der Waals surface area contributed by atoms with Gasteiger partial charge in [0.1, 0.15) is 6.07 Å². The van der Waals surface area contributed by atoms with Crippen molar-refractivity contribution in [2.45, 2.75) is 92.9 Å². The Hall–Kier alpha value is -1.89. The Morgan fingerprint density at radius 3 is 2.29 bits per heavy atom. The van der Waals surface area contributed by atoms with E-state index < -0.39 is 5.41 Å². The van der Waals surface area contributed by atoms with Crippen LogP contribution in [0.1, 0.15) is 92.9 Å². The molecule has 4 heteroatoms. The zero-order chi connectivity index (χ0) is 25.8. The Kier molecular flexibility index (Phi) is 5.19. The molecular formula is C31H44N2O2.